The van der Waals surface area contributed by atoms with Gasteiger partial charge in [0.05, 0.1) is 13.7 Å². The molecule has 2 atom stereocenters. The lowest BCUT2D eigenvalue weighted by atomic mass is 9.98. The maximum Gasteiger partial charge on any atom is 0.407 e. The Kier molecular flexibility index (Phi) is 9.29. The van der Waals surface area contributed by atoms with Crippen molar-refractivity contribution in [3.63, 3.8) is 0 Å². The Labute approximate surface area is 163 Å². The number of carbonyl (C=O) groups excluding carboxylic acids is 2. The highest BCUT2D eigenvalue weighted by Gasteiger charge is 2.25. The highest BCUT2D eigenvalue weighted by Crippen LogP contribution is 2.14. The van der Waals surface area contributed by atoms with E-state index >= 15 is 0 Å². The molecule has 0 radical (unpaired) electrons. The van der Waals surface area contributed by atoms with Gasteiger partial charge in [-0.3, -0.25) is 9.69 Å². The molecule has 1 amide bonds. The van der Waals surface area contributed by atoms with Gasteiger partial charge in [0, 0.05) is 19.1 Å². The van der Waals surface area contributed by atoms with Gasteiger partial charge in [0.2, 0.25) is 0 Å². The first-order chi connectivity index (χ1) is 12.6. The zero-order valence-corrected chi connectivity index (χ0v) is 17.5. The Balaban J connectivity index is 2.88. The number of alkyl carbamates (subject to hydrolysis) is 1. The van der Waals surface area contributed by atoms with Crippen LogP contribution in [0, 0.1) is 5.92 Å². The molecule has 0 saturated carbocycles. The SMILES string of the molecule is CC[C@H](C)[C@@H](CN(CC(=O)OC)Cc1ccccc1)NC(=O)OC(C)(C)C. The molecular weight excluding hydrogens is 344 g/mol. The molecule has 27 heavy (non-hydrogen) atoms. The van der Waals surface area contributed by atoms with E-state index in [0.29, 0.717) is 13.1 Å². The minimum absolute atomic E-state index is 0.141. The molecule has 1 aromatic rings. The van der Waals surface area contributed by atoms with Crippen molar-refractivity contribution in [1.29, 1.82) is 0 Å². The molecule has 1 aromatic carbocycles. The Morgan fingerprint density at radius 1 is 1.19 bits per heavy atom. The predicted octanol–water partition coefficient (Wildman–Crippen LogP) is 3.60. The van der Waals surface area contributed by atoms with E-state index in [-0.39, 0.29) is 24.5 Å². The number of methoxy groups -OCH3 is 1. The maximum atomic E-state index is 12.3. The molecule has 0 aliphatic carbocycles. The van der Waals surface area contributed by atoms with Gasteiger partial charge in [-0.2, -0.15) is 0 Å². The molecule has 0 heterocycles. The van der Waals surface area contributed by atoms with Crippen LogP contribution in [0.1, 0.15) is 46.6 Å². The smallest absolute Gasteiger partial charge is 0.407 e. The Hall–Kier alpha value is -2.08. The van der Waals surface area contributed by atoms with Crippen LogP contribution in [0.5, 0.6) is 0 Å². The lowest BCUT2D eigenvalue weighted by Crippen LogP contribution is -2.49. The number of benzene rings is 1. The van der Waals surface area contributed by atoms with Crippen molar-refractivity contribution in [3.05, 3.63) is 35.9 Å². The van der Waals surface area contributed by atoms with E-state index in [0.717, 1.165) is 12.0 Å². The summed E-state index contributed by atoms with van der Waals surface area (Å²) in [6, 6.07) is 9.79. The topological polar surface area (TPSA) is 67.9 Å². The van der Waals surface area contributed by atoms with E-state index in [1.54, 1.807) is 0 Å². The maximum absolute atomic E-state index is 12.3. The molecule has 1 N–H and O–H groups in total. The Bertz CT molecular complexity index is 584. The summed E-state index contributed by atoms with van der Waals surface area (Å²) in [5.74, 6) is -0.0699. The standard InChI is InChI=1S/C21H34N2O4/c1-7-16(2)18(22-20(25)27-21(3,4)5)14-23(15-19(24)26-6)13-17-11-9-8-10-12-17/h8-12,16,18H,7,13-15H2,1-6H3,(H,22,25)/t16-,18+/m0/s1. The predicted molar refractivity (Wildman–Crippen MR) is 106 cm³/mol. The lowest BCUT2D eigenvalue weighted by molar-refractivity contribution is -0.142. The third-order valence-electron chi connectivity index (χ3n) is 4.32. The summed E-state index contributed by atoms with van der Waals surface area (Å²) in [5, 5.41) is 2.98. The molecular formula is C21H34N2O4. The van der Waals surface area contributed by atoms with E-state index in [2.05, 4.69) is 19.2 Å². The zero-order valence-electron chi connectivity index (χ0n) is 17.5. The molecule has 0 unspecified atom stereocenters. The second-order valence-electron chi connectivity index (χ2n) is 7.87. The third kappa shape index (κ3) is 9.43. The Morgan fingerprint density at radius 2 is 1.81 bits per heavy atom. The van der Waals surface area contributed by atoms with Crippen LogP contribution < -0.4 is 5.32 Å². The number of nitrogens with one attached hydrogen (secondary N) is 1. The second kappa shape index (κ2) is 10.9. The van der Waals surface area contributed by atoms with Crippen LogP contribution in [-0.2, 0) is 20.8 Å². The highest BCUT2D eigenvalue weighted by atomic mass is 16.6. The summed E-state index contributed by atoms with van der Waals surface area (Å²) in [5.41, 5.74) is 0.543. The van der Waals surface area contributed by atoms with Crippen LogP contribution >= 0.6 is 0 Å². The molecule has 0 spiro atoms. The van der Waals surface area contributed by atoms with Gasteiger partial charge in [-0.05, 0) is 32.3 Å². The number of carbonyl (C=O) groups is 2. The van der Waals surface area contributed by atoms with Gasteiger partial charge in [0.15, 0.2) is 0 Å². The van der Waals surface area contributed by atoms with E-state index < -0.39 is 11.7 Å². The van der Waals surface area contributed by atoms with Crippen LogP contribution in [0.15, 0.2) is 30.3 Å². The average molecular weight is 379 g/mol. The summed E-state index contributed by atoms with van der Waals surface area (Å²) in [6.45, 7) is 11.0. The summed E-state index contributed by atoms with van der Waals surface area (Å²) in [7, 11) is 1.38. The van der Waals surface area contributed by atoms with Crippen molar-refractivity contribution in [2.24, 2.45) is 5.92 Å². The molecule has 6 nitrogen and oxygen atoms in total. The first kappa shape index (κ1) is 23.0. The summed E-state index contributed by atoms with van der Waals surface area (Å²) in [6.07, 6.45) is 0.461. The molecule has 0 aromatic heterocycles. The lowest BCUT2D eigenvalue weighted by Gasteiger charge is -2.31. The minimum Gasteiger partial charge on any atom is -0.468 e. The van der Waals surface area contributed by atoms with Crippen molar-refractivity contribution >= 4 is 12.1 Å². The van der Waals surface area contributed by atoms with Gasteiger partial charge < -0.3 is 14.8 Å². The largest absolute Gasteiger partial charge is 0.468 e. The fraction of sp³-hybridized carbons (Fsp3) is 0.619. The number of rotatable bonds is 9. The van der Waals surface area contributed by atoms with Crippen molar-refractivity contribution in [2.45, 2.75) is 59.2 Å². The molecule has 0 aliphatic heterocycles. The normalized spacial score (nSPS) is 13.7. The number of esters is 1. The average Bonchev–Trinajstić information content (AvgIpc) is 2.59. The van der Waals surface area contributed by atoms with Crippen molar-refractivity contribution in [2.75, 3.05) is 20.2 Å². The number of hydrogen-bond donors (Lipinski definition) is 1. The van der Waals surface area contributed by atoms with E-state index in [1.807, 2.05) is 56.0 Å². The molecule has 152 valence electrons. The minimum atomic E-state index is -0.556. The molecule has 6 heteroatoms. The van der Waals surface area contributed by atoms with E-state index in [9.17, 15) is 9.59 Å². The van der Waals surface area contributed by atoms with E-state index in [1.165, 1.54) is 7.11 Å². The van der Waals surface area contributed by atoms with Gasteiger partial charge in [-0.25, -0.2) is 4.79 Å². The van der Waals surface area contributed by atoms with Gasteiger partial charge in [0.25, 0.3) is 0 Å². The summed E-state index contributed by atoms with van der Waals surface area (Å²) < 4.78 is 10.2. The number of ether oxygens (including phenoxy) is 2. The first-order valence-corrected chi connectivity index (χ1v) is 9.47. The molecule has 0 fully saturated rings. The summed E-state index contributed by atoms with van der Waals surface area (Å²) >= 11 is 0. The Morgan fingerprint density at radius 3 is 2.33 bits per heavy atom. The highest BCUT2D eigenvalue weighted by molar-refractivity contribution is 5.71. The van der Waals surface area contributed by atoms with Crippen LogP contribution in [-0.4, -0.2) is 48.8 Å². The van der Waals surface area contributed by atoms with Gasteiger partial charge >= 0.3 is 12.1 Å². The zero-order chi connectivity index (χ0) is 20.4. The first-order valence-electron chi connectivity index (χ1n) is 9.47. The van der Waals surface area contributed by atoms with Gasteiger partial charge in [-0.15, -0.1) is 0 Å². The molecule has 1 rings (SSSR count). The number of amides is 1. The van der Waals surface area contributed by atoms with Gasteiger partial charge in [-0.1, -0.05) is 50.6 Å². The van der Waals surface area contributed by atoms with Crippen molar-refractivity contribution in [3.8, 4) is 0 Å². The van der Waals surface area contributed by atoms with Crippen molar-refractivity contribution in [1.82, 2.24) is 10.2 Å². The quantitative estimate of drug-likeness (QED) is 0.665. The molecule has 0 bridgehead atoms. The third-order valence-corrected chi connectivity index (χ3v) is 4.32. The monoisotopic (exact) mass is 378 g/mol. The van der Waals surface area contributed by atoms with Crippen LogP contribution in [0.4, 0.5) is 4.79 Å². The van der Waals surface area contributed by atoms with Crippen LogP contribution in [0.3, 0.4) is 0 Å². The number of hydrogen-bond acceptors (Lipinski definition) is 5. The molecule has 0 saturated heterocycles. The number of nitrogens with zero attached hydrogens (tertiary/aromatic N) is 1. The fourth-order valence-corrected chi connectivity index (χ4v) is 2.66. The van der Waals surface area contributed by atoms with Crippen molar-refractivity contribution < 1.29 is 19.1 Å². The van der Waals surface area contributed by atoms with Crippen LogP contribution in [0.2, 0.25) is 0 Å². The van der Waals surface area contributed by atoms with Crippen LogP contribution in [0.25, 0.3) is 0 Å². The molecule has 0 aliphatic rings. The second-order valence-corrected chi connectivity index (χ2v) is 7.87. The summed E-state index contributed by atoms with van der Waals surface area (Å²) in [4.78, 5) is 26.1. The fourth-order valence-electron chi connectivity index (χ4n) is 2.66. The van der Waals surface area contributed by atoms with Gasteiger partial charge in [0.1, 0.15) is 5.60 Å². The van der Waals surface area contributed by atoms with E-state index in [4.69, 9.17) is 9.47 Å².